The zero-order valence-electron chi connectivity index (χ0n) is 12.1. The molecule has 3 rings (SSSR count). The van der Waals surface area contributed by atoms with Gasteiger partial charge in [0.1, 0.15) is 0 Å². The molecule has 0 saturated carbocycles. The Balaban J connectivity index is 1.96. The van der Waals surface area contributed by atoms with Crippen LogP contribution in [0.1, 0.15) is 12.5 Å². The second kappa shape index (κ2) is 6.63. The Bertz CT molecular complexity index is 844. The van der Waals surface area contributed by atoms with Crippen molar-refractivity contribution in [2.24, 2.45) is 5.10 Å². The van der Waals surface area contributed by atoms with E-state index in [0.717, 1.165) is 14.8 Å². The lowest BCUT2D eigenvalue weighted by atomic mass is 10.1. The molecular formula is C17H11Cl2IN2O. The second-order valence-electron chi connectivity index (χ2n) is 5.00. The molecule has 1 aliphatic rings. The summed E-state index contributed by atoms with van der Waals surface area (Å²) < 4.78 is 1.10. The first kappa shape index (κ1) is 16.5. The van der Waals surface area contributed by atoms with E-state index in [1.807, 2.05) is 24.3 Å². The molecule has 1 aliphatic heterocycles. The smallest absolute Gasteiger partial charge is 0.267 e. The second-order valence-corrected chi connectivity index (χ2v) is 7.09. The lowest BCUT2D eigenvalue weighted by molar-refractivity contribution is -0.114. The van der Waals surface area contributed by atoms with Crippen LogP contribution < -0.4 is 5.01 Å². The third-order valence-electron chi connectivity index (χ3n) is 3.40. The molecular weight excluding hydrogens is 446 g/mol. The fourth-order valence-corrected chi connectivity index (χ4v) is 3.04. The van der Waals surface area contributed by atoms with Crippen molar-refractivity contribution in [1.29, 1.82) is 0 Å². The highest BCUT2D eigenvalue weighted by Gasteiger charge is 2.28. The van der Waals surface area contributed by atoms with Crippen LogP contribution in [0.15, 0.2) is 53.1 Å². The number of benzene rings is 2. The van der Waals surface area contributed by atoms with Gasteiger partial charge in [0.15, 0.2) is 0 Å². The standard InChI is InChI=1S/C17H11Cl2IN2O/c1-10-15(8-11-2-3-12(18)9-16(11)19)17(23)22(21-10)14-6-4-13(20)5-7-14/h2-9H,1H3. The molecule has 2 aromatic carbocycles. The van der Waals surface area contributed by atoms with Gasteiger partial charge >= 0.3 is 0 Å². The first-order valence-corrected chi connectivity index (χ1v) is 8.61. The Labute approximate surface area is 157 Å². The third-order valence-corrected chi connectivity index (χ3v) is 4.68. The number of carbonyl (C=O) groups excluding carboxylic acids is 1. The van der Waals surface area contributed by atoms with Gasteiger partial charge < -0.3 is 0 Å². The van der Waals surface area contributed by atoms with Crippen molar-refractivity contribution in [3.8, 4) is 0 Å². The third kappa shape index (κ3) is 3.44. The minimum Gasteiger partial charge on any atom is -0.267 e. The first-order valence-electron chi connectivity index (χ1n) is 6.78. The number of halogens is 3. The number of nitrogens with zero attached hydrogens (tertiary/aromatic N) is 2. The van der Waals surface area contributed by atoms with Gasteiger partial charge in [-0.3, -0.25) is 4.79 Å². The number of hydrogen-bond acceptors (Lipinski definition) is 2. The highest BCUT2D eigenvalue weighted by Crippen LogP contribution is 2.28. The Morgan fingerprint density at radius 3 is 2.48 bits per heavy atom. The van der Waals surface area contributed by atoms with Gasteiger partial charge in [-0.2, -0.15) is 10.1 Å². The maximum absolute atomic E-state index is 12.7. The van der Waals surface area contributed by atoms with Crippen LogP contribution in [0.3, 0.4) is 0 Å². The molecule has 0 radical (unpaired) electrons. The number of hydrazone groups is 1. The molecule has 23 heavy (non-hydrogen) atoms. The fraction of sp³-hybridized carbons (Fsp3) is 0.0588. The van der Waals surface area contributed by atoms with Gasteiger partial charge in [-0.05, 0) is 77.6 Å². The molecule has 0 bridgehead atoms. The topological polar surface area (TPSA) is 32.7 Å². The Kier molecular flexibility index (Phi) is 4.75. The van der Waals surface area contributed by atoms with Gasteiger partial charge in [0.25, 0.3) is 5.91 Å². The van der Waals surface area contributed by atoms with Crippen LogP contribution in [0.5, 0.6) is 0 Å². The lowest BCUT2D eigenvalue weighted by Crippen LogP contribution is -2.21. The van der Waals surface area contributed by atoms with Gasteiger partial charge in [-0.1, -0.05) is 29.3 Å². The summed E-state index contributed by atoms with van der Waals surface area (Å²) in [5, 5.41) is 6.81. The summed E-state index contributed by atoms with van der Waals surface area (Å²) in [4.78, 5) is 12.7. The molecule has 1 amide bonds. The Hall–Kier alpha value is -1.37. The average Bonchev–Trinajstić information content (AvgIpc) is 2.78. The van der Waals surface area contributed by atoms with E-state index < -0.39 is 0 Å². The van der Waals surface area contributed by atoms with E-state index in [1.54, 1.807) is 31.2 Å². The van der Waals surface area contributed by atoms with Crippen LogP contribution in [0.2, 0.25) is 10.0 Å². The zero-order valence-corrected chi connectivity index (χ0v) is 15.7. The summed E-state index contributed by atoms with van der Waals surface area (Å²) in [5.41, 5.74) is 2.64. The lowest BCUT2D eigenvalue weighted by Gasteiger charge is -2.11. The molecule has 0 unspecified atom stereocenters. The van der Waals surface area contributed by atoms with Gasteiger partial charge in [0, 0.05) is 13.6 Å². The predicted octanol–water partition coefficient (Wildman–Crippen LogP) is 5.40. The van der Waals surface area contributed by atoms with E-state index in [4.69, 9.17) is 23.2 Å². The molecule has 2 aromatic rings. The Morgan fingerprint density at radius 2 is 1.83 bits per heavy atom. The minimum atomic E-state index is -0.172. The summed E-state index contributed by atoms with van der Waals surface area (Å²) in [7, 11) is 0. The molecule has 0 N–H and O–H groups in total. The summed E-state index contributed by atoms with van der Waals surface area (Å²) in [6.45, 7) is 1.81. The van der Waals surface area contributed by atoms with Crippen molar-refractivity contribution in [3.05, 3.63) is 67.2 Å². The van der Waals surface area contributed by atoms with Crippen molar-refractivity contribution < 1.29 is 4.79 Å². The van der Waals surface area contributed by atoms with E-state index in [2.05, 4.69) is 27.7 Å². The fourth-order valence-electron chi connectivity index (χ4n) is 2.22. The molecule has 0 spiro atoms. The van der Waals surface area contributed by atoms with Gasteiger partial charge in [0.2, 0.25) is 0 Å². The molecule has 3 nitrogen and oxygen atoms in total. The van der Waals surface area contributed by atoms with Gasteiger partial charge in [0.05, 0.1) is 17.0 Å². The van der Waals surface area contributed by atoms with Crippen LogP contribution in [0, 0.1) is 3.57 Å². The summed E-state index contributed by atoms with van der Waals surface area (Å²) in [6.07, 6.45) is 1.74. The molecule has 1 heterocycles. The zero-order chi connectivity index (χ0) is 16.6. The molecule has 6 heteroatoms. The van der Waals surface area contributed by atoms with Crippen molar-refractivity contribution >= 4 is 69.2 Å². The molecule has 0 fully saturated rings. The van der Waals surface area contributed by atoms with E-state index in [9.17, 15) is 4.79 Å². The van der Waals surface area contributed by atoms with Crippen LogP contribution in [0.25, 0.3) is 6.08 Å². The van der Waals surface area contributed by atoms with E-state index >= 15 is 0 Å². The average molecular weight is 457 g/mol. The van der Waals surface area contributed by atoms with Crippen molar-refractivity contribution in [2.75, 3.05) is 5.01 Å². The number of carbonyl (C=O) groups is 1. The molecule has 0 atom stereocenters. The SMILES string of the molecule is CC1=NN(c2ccc(I)cc2)C(=O)C1=Cc1ccc(Cl)cc1Cl. The summed E-state index contributed by atoms with van der Waals surface area (Å²) in [6, 6.07) is 12.8. The highest BCUT2D eigenvalue weighted by atomic mass is 127. The monoisotopic (exact) mass is 456 g/mol. The maximum atomic E-state index is 12.7. The van der Waals surface area contributed by atoms with Crippen molar-refractivity contribution in [3.63, 3.8) is 0 Å². The molecule has 0 saturated heterocycles. The van der Waals surface area contributed by atoms with Crippen molar-refractivity contribution in [2.45, 2.75) is 6.92 Å². The minimum absolute atomic E-state index is 0.172. The normalized spacial score (nSPS) is 16.2. The van der Waals surface area contributed by atoms with Crippen LogP contribution in [-0.2, 0) is 4.79 Å². The molecule has 0 aromatic heterocycles. The van der Waals surface area contributed by atoms with E-state index in [1.165, 1.54) is 5.01 Å². The number of rotatable bonds is 2. The van der Waals surface area contributed by atoms with Gasteiger partial charge in [-0.15, -0.1) is 0 Å². The maximum Gasteiger partial charge on any atom is 0.280 e. The predicted molar refractivity (Wildman–Crippen MR) is 104 cm³/mol. The van der Waals surface area contributed by atoms with Crippen LogP contribution in [0.4, 0.5) is 5.69 Å². The number of amides is 1. The van der Waals surface area contributed by atoms with Crippen molar-refractivity contribution in [1.82, 2.24) is 0 Å². The van der Waals surface area contributed by atoms with E-state index in [-0.39, 0.29) is 5.91 Å². The Morgan fingerprint density at radius 1 is 1.13 bits per heavy atom. The highest BCUT2D eigenvalue weighted by molar-refractivity contribution is 14.1. The largest absolute Gasteiger partial charge is 0.280 e. The molecule has 0 aliphatic carbocycles. The number of hydrogen-bond donors (Lipinski definition) is 0. The summed E-state index contributed by atoms with van der Waals surface area (Å²) >= 11 is 14.3. The van der Waals surface area contributed by atoms with Crippen LogP contribution in [-0.4, -0.2) is 11.6 Å². The van der Waals surface area contributed by atoms with Crippen LogP contribution >= 0.6 is 45.8 Å². The summed E-state index contributed by atoms with van der Waals surface area (Å²) in [5.74, 6) is -0.172. The number of anilines is 1. The van der Waals surface area contributed by atoms with Gasteiger partial charge in [-0.25, -0.2) is 0 Å². The first-order chi connectivity index (χ1) is 11.0. The molecule has 116 valence electrons. The van der Waals surface area contributed by atoms with E-state index in [0.29, 0.717) is 21.3 Å². The quantitative estimate of drug-likeness (QED) is 0.439.